The SMILES string of the molecule is O=C(Nc1c[c]ccc1)c1ccc(F)cc1. The molecular weight excluding hydrogens is 205 g/mol. The summed E-state index contributed by atoms with van der Waals surface area (Å²) in [5.41, 5.74) is 1.09. The Morgan fingerprint density at radius 1 is 1.19 bits per heavy atom. The van der Waals surface area contributed by atoms with Crippen LogP contribution in [0, 0.1) is 11.9 Å². The lowest BCUT2D eigenvalue weighted by atomic mass is 10.2. The lowest BCUT2D eigenvalue weighted by Crippen LogP contribution is -2.11. The molecule has 0 atom stereocenters. The lowest BCUT2D eigenvalue weighted by Gasteiger charge is -2.04. The maximum atomic E-state index is 12.6. The van der Waals surface area contributed by atoms with Crippen LogP contribution in [0.1, 0.15) is 10.4 Å². The summed E-state index contributed by atoms with van der Waals surface area (Å²) < 4.78 is 12.6. The standard InChI is InChI=1S/C13H9FNO/c14-11-8-6-10(7-9-11)13(16)15-12-4-2-1-3-5-12/h1-2,4-9H,(H,15,16). The van der Waals surface area contributed by atoms with Crippen molar-refractivity contribution in [1.82, 2.24) is 0 Å². The first kappa shape index (κ1) is 10.4. The van der Waals surface area contributed by atoms with Crippen molar-refractivity contribution in [2.45, 2.75) is 0 Å². The fourth-order valence-electron chi connectivity index (χ4n) is 1.28. The van der Waals surface area contributed by atoms with Gasteiger partial charge in [0.1, 0.15) is 5.82 Å². The highest BCUT2D eigenvalue weighted by Crippen LogP contribution is 2.08. The van der Waals surface area contributed by atoms with E-state index in [1.165, 1.54) is 24.3 Å². The van der Waals surface area contributed by atoms with Crippen LogP contribution < -0.4 is 5.32 Å². The predicted molar refractivity (Wildman–Crippen MR) is 59.6 cm³/mol. The summed E-state index contributed by atoms with van der Waals surface area (Å²) in [5, 5.41) is 2.69. The number of carbonyl (C=O) groups excluding carboxylic acids is 1. The molecule has 2 rings (SSSR count). The Kier molecular flexibility index (Phi) is 2.96. The van der Waals surface area contributed by atoms with E-state index in [2.05, 4.69) is 11.4 Å². The Morgan fingerprint density at radius 3 is 2.56 bits per heavy atom. The average Bonchev–Trinajstić information content (AvgIpc) is 2.31. The molecular formula is C13H9FNO. The molecule has 0 aliphatic rings. The van der Waals surface area contributed by atoms with E-state index in [0.717, 1.165) is 0 Å². The van der Waals surface area contributed by atoms with E-state index in [1.807, 2.05) is 0 Å². The van der Waals surface area contributed by atoms with Gasteiger partial charge in [-0.25, -0.2) is 4.39 Å². The van der Waals surface area contributed by atoms with Crippen molar-refractivity contribution in [3.05, 3.63) is 66.0 Å². The number of amides is 1. The third-order valence-electron chi connectivity index (χ3n) is 2.07. The molecule has 0 saturated heterocycles. The number of hydrogen-bond acceptors (Lipinski definition) is 1. The number of nitrogens with one attached hydrogen (secondary N) is 1. The molecule has 0 aromatic heterocycles. The summed E-state index contributed by atoms with van der Waals surface area (Å²) >= 11 is 0. The van der Waals surface area contributed by atoms with E-state index in [-0.39, 0.29) is 11.7 Å². The zero-order valence-corrected chi connectivity index (χ0v) is 8.41. The Labute approximate surface area is 92.7 Å². The molecule has 3 heteroatoms. The number of halogens is 1. The quantitative estimate of drug-likeness (QED) is 0.818. The van der Waals surface area contributed by atoms with E-state index in [9.17, 15) is 9.18 Å². The molecule has 1 N–H and O–H groups in total. The molecule has 0 aliphatic carbocycles. The van der Waals surface area contributed by atoms with Gasteiger partial charge in [0.15, 0.2) is 0 Å². The van der Waals surface area contributed by atoms with Gasteiger partial charge in [0.05, 0.1) is 0 Å². The number of carbonyl (C=O) groups is 1. The minimum Gasteiger partial charge on any atom is -0.322 e. The average molecular weight is 214 g/mol. The number of anilines is 1. The Bertz CT molecular complexity index is 479. The van der Waals surface area contributed by atoms with E-state index < -0.39 is 0 Å². The van der Waals surface area contributed by atoms with Crippen molar-refractivity contribution in [3.8, 4) is 0 Å². The second-order valence-electron chi connectivity index (χ2n) is 3.25. The van der Waals surface area contributed by atoms with Crippen LogP contribution in [-0.2, 0) is 0 Å². The normalized spacial score (nSPS) is 9.81. The molecule has 0 fully saturated rings. The van der Waals surface area contributed by atoms with Crippen LogP contribution >= 0.6 is 0 Å². The van der Waals surface area contributed by atoms with Gasteiger partial charge in [-0.15, -0.1) is 0 Å². The molecule has 16 heavy (non-hydrogen) atoms. The second-order valence-corrected chi connectivity index (χ2v) is 3.25. The van der Waals surface area contributed by atoms with Crippen LogP contribution in [0.3, 0.4) is 0 Å². The van der Waals surface area contributed by atoms with Crippen molar-refractivity contribution >= 4 is 11.6 Å². The van der Waals surface area contributed by atoms with Crippen LogP contribution in [0.25, 0.3) is 0 Å². The van der Waals surface area contributed by atoms with Crippen LogP contribution in [0.4, 0.5) is 10.1 Å². The fourth-order valence-corrected chi connectivity index (χ4v) is 1.28. The molecule has 0 bridgehead atoms. The van der Waals surface area contributed by atoms with Gasteiger partial charge in [0.25, 0.3) is 5.91 Å². The third kappa shape index (κ3) is 2.45. The molecule has 0 aliphatic heterocycles. The molecule has 1 amide bonds. The number of benzene rings is 2. The smallest absolute Gasteiger partial charge is 0.255 e. The molecule has 0 spiro atoms. The minimum atomic E-state index is -0.357. The van der Waals surface area contributed by atoms with E-state index in [4.69, 9.17) is 0 Å². The van der Waals surface area contributed by atoms with Crippen molar-refractivity contribution in [2.75, 3.05) is 5.32 Å². The van der Waals surface area contributed by atoms with E-state index in [1.54, 1.807) is 24.3 Å². The van der Waals surface area contributed by atoms with Gasteiger partial charge in [-0.05, 0) is 42.5 Å². The maximum absolute atomic E-state index is 12.6. The predicted octanol–water partition coefficient (Wildman–Crippen LogP) is 2.88. The zero-order chi connectivity index (χ0) is 11.4. The van der Waals surface area contributed by atoms with Crippen LogP contribution in [0.2, 0.25) is 0 Å². The first-order chi connectivity index (χ1) is 7.75. The Balaban J connectivity index is 2.12. The highest BCUT2D eigenvalue weighted by molar-refractivity contribution is 6.04. The van der Waals surface area contributed by atoms with Crippen LogP contribution in [0.15, 0.2) is 48.5 Å². The number of hydrogen-bond donors (Lipinski definition) is 1. The van der Waals surface area contributed by atoms with Gasteiger partial charge in [0.2, 0.25) is 0 Å². The zero-order valence-electron chi connectivity index (χ0n) is 8.41. The summed E-state index contributed by atoms with van der Waals surface area (Å²) in [5.74, 6) is -0.621. The highest BCUT2D eigenvalue weighted by Gasteiger charge is 2.05. The van der Waals surface area contributed by atoms with E-state index >= 15 is 0 Å². The first-order valence-electron chi connectivity index (χ1n) is 4.79. The van der Waals surface area contributed by atoms with Gasteiger partial charge in [0, 0.05) is 11.3 Å². The molecule has 0 saturated carbocycles. The van der Waals surface area contributed by atoms with Gasteiger partial charge in [-0.1, -0.05) is 12.1 Å². The summed E-state index contributed by atoms with van der Waals surface area (Å²) in [6.45, 7) is 0. The monoisotopic (exact) mass is 214 g/mol. The molecule has 1 radical (unpaired) electrons. The maximum Gasteiger partial charge on any atom is 0.255 e. The Morgan fingerprint density at radius 2 is 1.94 bits per heavy atom. The molecule has 0 heterocycles. The van der Waals surface area contributed by atoms with Gasteiger partial charge in [-0.2, -0.15) is 0 Å². The van der Waals surface area contributed by atoms with Crippen molar-refractivity contribution < 1.29 is 9.18 Å². The van der Waals surface area contributed by atoms with Gasteiger partial charge in [-0.3, -0.25) is 4.79 Å². The summed E-state index contributed by atoms with van der Waals surface area (Å²) in [7, 11) is 0. The molecule has 79 valence electrons. The third-order valence-corrected chi connectivity index (χ3v) is 2.07. The van der Waals surface area contributed by atoms with Gasteiger partial charge >= 0.3 is 0 Å². The molecule has 0 unspecified atom stereocenters. The first-order valence-corrected chi connectivity index (χ1v) is 4.79. The molecule has 2 aromatic rings. The highest BCUT2D eigenvalue weighted by atomic mass is 19.1. The minimum absolute atomic E-state index is 0.264. The van der Waals surface area contributed by atoms with Crippen molar-refractivity contribution in [3.63, 3.8) is 0 Å². The van der Waals surface area contributed by atoms with Crippen LogP contribution in [0.5, 0.6) is 0 Å². The van der Waals surface area contributed by atoms with E-state index in [0.29, 0.717) is 11.3 Å². The summed E-state index contributed by atoms with van der Waals surface area (Å²) in [6, 6.07) is 15.2. The second kappa shape index (κ2) is 4.57. The number of rotatable bonds is 2. The fraction of sp³-hybridized carbons (Fsp3) is 0. The summed E-state index contributed by atoms with van der Waals surface area (Å²) in [6.07, 6.45) is 0. The summed E-state index contributed by atoms with van der Waals surface area (Å²) in [4.78, 5) is 11.7. The topological polar surface area (TPSA) is 29.1 Å². The lowest BCUT2D eigenvalue weighted by molar-refractivity contribution is 0.102. The molecule has 2 nitrogen and oxygen atoms in total. The molecule has 2 aromatic carbocycles. The van der Waals surface area contributed by atoms with Crippen LogP contribution in [-0.4, -0.2) is 5.91 Å². The Hall–Kier alpha value is -2.16. The largest absolute Gasteiger partial charge is 0.322 e. The van der Waals surface area contributed by atoms with Crippen molar-refractivity contribution in [1.29, 1.82) is 0 Å². The van der Waals surface area contributed by atoms with Crippen molar-refractivity contribution in [2.24, 2.45) is 0 Å². The van der Waals surface area contributed by atoms with Gasteiger partial charge < -0.3 is 5.32 Å².